The Hall–Kier alpha value is -1.40. The van der Waals surface area contributed by atoms with Gasteiger partial charge in [0.05, 0.1) is 10.4 Å². The van der Waals surface area contributed by atoms with Gasteiger partial charge in [-0.1, -0.05) is 6.07 Å². The number of hydrogen-bond acceptors (Lipinski definition) is 4. The van der Waals surface area contributed by atoms with Gasteiger partial charge < -0.3 is 10.3 Å². The third kappa shape index (κ3) is 2.02. The van der Waals surface area contributed by atoms with Crippen molar-refractivity contribution in [2.24, 2.45) is 5.92 Å². The quantitative estimate of drug-likeness (QED) is 0.858. The number of imidazole rings is 1. The van der Waals surface area contributed by atoms with E-state index in [2.05, 4.69) is 15.3 Å². The van der Waals surface area contributed by atoms with Crippen LogP contribution >= 0.6 is 0 Å². The molecule has 1 fully saturated rings. The van der Waals surface area contributed by atoms with E-state index in [0.29, 0.717) is 16.3 Å². The second-order valence-electron chi connectivity index (χ2n) is 4.84. The van der Waals surface area contributed by atoms with Gasteiger partial charge in [0, 0.05) is 12.7 Å². The van der Waals surface area contributed by atoms with Crippen LogP contribution in [0.3, 0.4) is 0 Å². The summed E-state index contributed by atoms with van der Waals surface area (Å²) >= 11 is 0. The number of rotatable bonds is 3. The standard InChI is InChI=1S/C12H15N3O2S/c1-18(16,17)10-4-2-3-9-12(10)15-11(14-9)5-8-6-13-7-8/h2-4,8,13H,5-7H2,1H3,(H,14,15). The van der Waals surface area contributed by atoms with E-state index in [1.54, 1.807) is 12.1 Å². The predicted octanol–water partition coefficient (Wildman–Crippen LogP) is 0.728. The zero-order valence-electron chi connectivity index (χ0n) is 10.1. The van der Waals surface area contributed by atoms with E-state index in [4.69, 9.17) is 0 Å². The van der Waals surface area contributed by atoms with Crippen molar-refractivity contribution >= 4 is 20.9 Å². The Morgan fingerprint density at radius 1 is 1.39 bits per heavy atom. The SMILES string of the molecule is CS(=O)(=O)c1cccc2[nH]c(CC3CNC3)nc12. The maximum Gasteiger partial charge on any atom is 0.177 e. The average Bonchev–Trinajstić information content (AvgIpc) is 2.63. The molecule has 2 N–H and O–H groups in total. The molecule has 0 spiro atoms. The molecule has 1 aliphatic rings. The van der Waals surface area contributed by atoms with Crippen molar-refractivity contribution in [3.8, 4) is 0 Å². The topological polar surface area (TPSA) is 74.8 Å². The number of H-pyrrole nitrogens is 1. The van der Waals surface area contributed by atoms with Crippen LogP contribution in [0.2, 0.25) is 0 Å². The molecular formula is C12H15N3O2S. The van der Waals surface area contributed by atoms with E-state index in [-0.39, 0.29) is 0 Å². The number of aromatic nitrogens is 2. The van der Waals surface area contributed by atoms with Crippen molar-refractivity contribution in [3.05, 3.63) is 24.0 Å². The highest BCUT2D eigenvalue weighted by Crippen LogP contribution is 2.22. The van der Waals surface area contributed by atoms with Gasteiger partial charge in [-0.15, -0.1) is 0 Å². The number of sulfone groups is 1. The Bertz CT molecular complexity index is 686. The number of aromatic amines is 1. The monoisotopic (exact) mass is 265 g/mol. The fourth-order valence-electron chi connectivity index (χ4n) is 2.22. The normalized spacial score (nSPS) is 16.9. The number of para-hydroxylation sites is 1. The van der Waals surface area contributed by atoms with Crippen LogP contribution in [0.25, 0.3) is 11.0 Å². The summed E-state index contributed by atoms with van der Waals surface area (Å²) < 4.78 is 23.4. The van der Waals surface area contributed by atoms with E-state index >= 15 is 0 Å². The third-order valence-electron chi connectivity index (χ3n) is 3.27. The van der Waals surface area contributed by atoms with E-state index in [1.165, 1.54) is 6.26 Å². The fraction of sp³-hybridized carbons (Fsp3) is 0.417. The summed E-state index contributed by atoms with van der Waals surface area (Å²) in [5, 5.41) is 3.21. The Kier molecular flexibility index (Phi) is 2.64. The molecule has 0 amide bonds. The minimum absolute atomic E-state index is 0.300. The summed E-state index contributed by atoms with van der Waals surface area (Å²) in [7, 11) is -3.23. The van der Waals surface area contributed by atoms with Crippen LogP contribution in [0.5, 0.6) is 0 Å². The highest BCUT2D eigenvalue weighted by Gasteiger charge is 2.20. The third-order valence-corrected chi connectivity index (χ3v) is 4.40. The van der Waals surface area contributed by atoms with Crippen LogP contribution in [0, 0.1) is 5.92 Å². The maximum atomic E-state index is 11.7. The number of hydrogen-bond donors (Lipinski definition) is 2. The van der Waals surface area contributed by atoms with Crippen LogP contribution < -0.4 is 5.32 Å². The molecule has 6 heteroatoms. The van der Waals surface area contributed by atoms with E-state index in [1.807, 2.05) is 6.07 Å². The lowest BCUT2D eigenvalue weighted by atomic mass is 9.99. The summed E-state index contributed by atoms with van der Waals surface area (Å²) in [5.41, 5.74) is 1.35. The van der Waals surface area contributed by atoms with Crippen molar-refractivity contribution in [2.45, 2.75) is 11.3 Å². The van der Waals surface area contributed by atoms with Crippen molar-refractivity contribution < 1.29 is 8.42 Å². The van der Waals surface area contributed by atoms with E-state index in [0.717, 1.165) is 30.9 Å². The molecule has 1 aromatic carbocycles. The molecule has 2 heterocycles. The zero-order valence-corrected chi connectivity index (χ0v) is 10.9. The fourth-order valence-corrected chi connectivity index (χ4v) is 3.05. The van der Waals surface area contributed by atoms with E-state index < -0.39 is 9.84 Å². The summed E-state index contributed by atoms with van der Waals surface area (Å²) in [5.74, 6) is 1.47. The summed E-state index contributed by atoms with van der Waals surface area (Å²) in [6, 6.07) is 5.21. The van der Waals surface area contributed by atoms with Gasteiger partial charge in [-0.25, -0.2) is 13.4 Å². The molecule has 96 valence electrons. The first kappa shape index (κ1) is 11.7. The van der Waals surface area contributed by atoms with Gasteiger partial charge in [0.1, 0.15) is 11.3 Å². The first-order valence-corrected chi connectivity index (χ1v) is 7.81. The largest absolute Gasteiger partial charge is 0.342 e. The van der Waals surface area contributed by atoms with Crippen LogP contribution in [0.4, 0.5) is 0 Å². The Labute approximate surface area is 106 Å². The van der Waals surface area contributed by atoms with Gasteiger partial charge in [0.2, 0.25) is 0 Å². The number of fused-ring (bicyclic) bond motifs is 1. The molecule has 1 aromatic heterocycles. The lowest BCUT2D eigenvalue weighted by molar-refractivity contribution is 0.342. The molecular weight excluding hydrogens is 250 g/mol. The maximum absolute atomic E-state index is 11.7. The molecule has 2 aromatic rings. The Balaban J connectivity index is 2.05. The lowest BCUT2D eigenvalue weighted by Gasteiger charge is -2.25. The summed E-state index contributed by atoms with van der Waals surface area (Å²) in [4.78, 5) is 7.94. The molecule has 0 saturated carbocycles. The molecule has 0 unspecified atom stereocenters. The van der Waals surface area contributed by atoms with Gasteiger partial charge in [-0.05, 0) is 31.1 Å². The predicted molar refractivity (Wildman–Crippen MR) is 69.3 cm³/mol. The first-order chi connectivity index (χ1) is 8.54. The second kappa shape index (κ2) is 4.07. The minimum Gasteiger partial charge on any atom is -0.342 e. The van der Waals surface area contributed by atoms with Gasteiger partial charge in [0.25, 0.3) is 0 Å². The van der Waals surface area contributed by atoms with Crippen LogP contribution in [0.1, 0.15) is 5.82 Å². The van der Waals surface area contributed by atoms with Gasteiger partial charge >= 0.3 is 0 Å². The van der Waals surface area contributed by atoms with Crippen molar-refractivity contribution in [3.63, 3.8) is 0 Å². The molecule has 3 rings (SSSR count). The van der Waals surface area contributed by atoms with Crippen LogP contribution in [-0.4, -0.2) is 37.7 Å². The molecule has 0 aliphatic carbocycles. The highest BCUT2D eigenvalue weighted by molar-refractivity contribution is 7.91. The van der Waals surface area contributed by atoms with Crippen molar-refractivity contribution in [1.29, 1.82) is 0 Å². The second-order valence-corrected chi connectivity index (χ2v) is 6.82. The molecule has 0 radical (unpaired) electrons. The van der Waals surface area contributed by atoms with Crippen molar-refractivity contribution in [2.75, 3.05) is 19.3 Å². The Morgan fingerprint density at radius 2 is 2.17 bits per heavy atom. The molecule has 5 nitrogen and oxygen atoms in total. The molecule has 1 saturated heterocycles. The first-order valence-electron chi connectivity index (χ1n) is 5.92. The molecule has 18 heavy (non-hydrogen) atoms. The van der Waals surface area contributed by atoms with Crippen LogP contribution in [0.15, 0.2) is 23.1 Å². The zero-order chi connectivity index (χ0) is 12.8. The van der Waals surface area contributed by atoms with Crippen LogP contribution in [-0.2, 0) is 16.3 Å². The van der Waals surface area contributed by atoms with Gasteiger partial charge in [-0.3, -0.25) is 0 Å². The highest BCUT2D eigenvalue weighted by atomic mass is 32.2. The molecule has 0 atom stereocenters. The summed E-state index contributed by atoms with van der Waals surface area (Å²) in [6.07, 6.45) is 2.08. The minimum atomic E-state index is -3.23. The molecule has 0 bridgehead atoms. The smallest absolute Gasteiger partial charge is 0.177 e. The Morgan fingerprint density at radius 3 is 2.78 bits per heavy atom. The van der Waals surface area contributed by atoms with Crippen molar-refractivity contribution in [1.82, 2.24) is 15.3 Å². The number of nitrogens with zero attached hydrogens (tertiary/aromatic N) is 1. The average molecular weight is 265 g/mol. The number of nitrogens with one attached hydrogen (secondary N) is 2. The van der Waals surface area contributed by atoms with Gasteiger partial charge in [-0.2, -0.15) is 0 Å². The number of benzene rings is 1. The molecule has 1 aliphatic heterocycles. The lowest BCUT2D eigenvalue weighted by Crippen LogP contribution is -2.43. The van der Waals surface area contributed by atoms with E-state index in [9.17, 15) is 8.42 Å². The summed E-state index contributed by atoms with van der Waals surface area (Å²) in [6.45, 7) is 2.02. The van der Waals surface area contributed by atoms with Gasteiger partial charge in [0.15, 0.2) is 9.84 Å².